The van der Waals surface area contributed by atoms with Crippen molar-refractivity contribution in [1.29, 1.82) is 0 Å². The average molecular weight is 239 g/mol. The molecule has 0 aliphatic carbocycles. The highest BCUT2D eigenvalue weighted by Crippen LogP contribution is 2.23. The number of hydrogen-bond acceptors (Lipinski definition) is 3. The van der Waals surface area contributed by atoms with Crippen LogP contribution >= 0.6 is 0 Å². The zero-order valence-corrected chi connectivity index (χ0v) is 10.1. The summed E-state index contributed by atoms with van der Waals surface area (Å²) in [6.45, 7) is 3.07. The van der Waals surface area contributed by atoms with E-state index in [4.69, 9.17) is 0 Å². The first-order valence-corrected chi connectivity index (χ1v) is 5.90. The van der Waals surface area contributed by atoms with Crippen LogP contribution in [0.3, 0.4) is 0 Å². The van der Waals surface area contributed by atoms with Crippen LogP contribution in [0.1, 0.15) is 27.3 Å². The number of fused-ring (bicyclic) bond motifs is 1. The Kier molecular flexibility index (Phi) is 2.55. The zero-order valence-electron chi connectivity index (χ0n) is 10.1. The molecule has 0 N–H and O–H groups in total. The van der Waals surface area contributed by atoms with Crippen molar-refractivity contribution in [2.75, 3.05) is 0 Å². The molecule has 4 nitrogen and oxygen atoms in total. The smallest absolute Gasteiger partial charge is 0.254 e. The number of nitrogens with zero attached hydrogens (tertiary/aromatic N) is 3. The van der Waals surface area contributed by atoms with Crippen LogP contribution in [-0.2, 0) is 13.1 Å². The van der Waals surface area contributed by atoms with Crippen molar-refractivity contribution in [3.8, 4) is 0 Å². The van der Waals surface area contributed by atoms with E-state index in [2.05, 4.69) is 10.2 Å². The summed E-state index contributed by atoms with van der Waals surface area (Å²) in [5.41, 5.74) is 3.59. The summed E-state index contributed by atoms with van der Waals surface area (Å²) in [6, 6.07) is 11.5. The Hall–Kier alpha value is -2.23. The van der Waals surface area contributed by atoms with Crippen molar-refractivity contribution in [2.24, 2.45) is 0 Å². The van der Waals surface area contributed by atoms with Gasteiger partial charge < -0.3 is 4.90 Å². The third-order valence-electron chi connectivity index (χ3n) is 3.10. The molecule has 0 fully saturated rings. The van der Waals surface area contributed by atoms with E-state index in [1.165, 1.54) is 0 Å². The molecular weight excluding hydrogens is 226 g/mol. The zero-order chi connectivity index (χ0) is 12.5. The van der Waals surface area contributed by atoms with Crippen LogP contribution in [-0.4, -0.2) is 21.0 Å². The van der Waals surface area contributed by atoms with Crippen LogP contribution in [0.5, 0.6) is 0 Å². The quantitative estimate of drug-likeness (QED) is 0.804. The summed E-state index contributed by atoms with van der Waals surface area (Å²) >= 11 is 0. The van der Waals surface area contributed by atoms with Crippen LogP contribution in [0.15, 0.2) is 36.4 Å². The fraction of sp³-hybridized carbons (Fsp3) is 0.214. The van der Waals surface area contributed by atoms with Gasteiger partial charge in [0.05, 0.1) is 17.9 Å². The van der Waals surface area contributed by atoms with Gasteiger partial charge in [0.1, 0.15) is 0 Å². The third-order valence-corrected chi connectivity index (χ3v) is 3.10. The van der Waals surface area contributed by atoms with Gasteiger partial charge in [0.25, 0.3) is 5.91 Å². The molecule has 18 heavy (non-hydrogen) atoms. The molecule has 90 valence electrons. The molecule has 2 aromatic rings. The maximum absolute atomic E-state index is 12.1. The lowest BCUT2D eigenvalue weighted by atomic mass is 10.1. The molecule has 0 spiro atoms. The largest absolute Gasteiger partial charge is 0.328 e. The molecule has 1 aliphatic rings. The van der Waals surface area contributed by atoms with E-state index in [1.54, 1.807) is 4.90 Å². The second kappa shape index (κ2) is 4.22. The Bertz CT molecular complexity index is 592. The molecule has 0 bridgehead atoms. The van der Waals surface area contributed by atoms with Crippen molar-refractivity contribution >= 4 is 5.91 Å². The number of carbonyl (C=O) groups is 1. The normalized spacial score (nSPS) is 13.8. The Morgan fingerprint density at radius 3 is 2.72 bits per heavy atom. The van der Waals surface area contributed by atoms with E-state index in [0.29, 0.717) is 13.1 Å². The van der Waals surface area contributed by atoms with Gasteiger partial charge in [-0.25, -0.2) is 0 Å². The van der Waals surface area contributed by atoms with E-state index in [9.17, 15) is 4.79 Å². The maximum Gasteiger partial charge on any atom is 0.254 e. The standard InChI is InChI=1S/C14H13N3O/c1-10-6-7-12(16-15-10)9-17-8-11-4-2-3-5-13(11)14(17)18/h2-7H,8-9H2,1H3. The minimum absolute atomic E-state index is 0.0768. The lowest BCUT2D eigenvalue weighted by Gasteiger charge is -2.14. The van der Waals surface area contributed by atoms with E-state index in [0.717, 1.165) is 22.5 Å². The van der Waals surface area contributed by atoms with Gasteiger partial charge in [0.15, 0.2) is 0 Å². The van der Waals surface area contributed by atoms with Gasteiger partial charge in [-0.3, -0.25) is 4.79 Å². The summed E-state index contributed by atoms with van der Waals surface area (Å²) < 4.78 is 0. The van der Waals surface area contributed by atoms with E-state index in [1.807, 2.05) is 43.3 Å². The minimum atomic E-state index is 0.0768. The van der Waals surface area contributed by atoms with Gasteiger partial charge in [-0.15, -0.1) is 0 Å². The predicted molar refractivity (Wildman–Crippen MR) is 66.8 cm³/mol. The molecule has 0 radical (unpaired) electrons. The summed E-state index contributed by atoms with van der Waals surface area (Å²) in [5.74, 6) is 0.0768. The van der Waals surface area contributed by atoms with Crippen molar-refractivity contribution in [3.05, 3.63) is 58.9 Å². The second-order valence-corrected chi connectivity index (χ2v) is 4.48. The first-order valence-electron chi connectivity index (χ1n) is 5.90. The number of hydrogen-bond donors (Lipinski definition) is 0. The van der Waals surface area contributed by atoms with Crippen molar-refractivity contribution < 1.29 is 4.79 Å². The number of benzene rings is 1. The number of aryl methyl sites for hydroxylation is 1. The summed E-state index contributed by atoms with van der Waals surface area (Å²) in [7, 11) is 0. The number of aromatic nitrogens is 2. The van der Waals surface area contributed by atoms with Gasteiger partial charge in [0, 0.05) is 12.1 Å². The fourth-order valence-corrected chi connectivity index (χ4v) is 2.15. The molecular formula is C14H13N3O. The van der Waals surface area contributed by atoms with E-state index in [-0.39, 0.29) is 5.91 Å². The predicted octanol–water partition coefficient (Wildman–Crippen LogP) is 1.94. The number of amides is 1. The molecule has 0 atom stereocenters. The SMILES string of the molecule is Cc1ccc(CN2Cc3ccccc3C2=O)nn1. The van der Waals surface area contributed by atoms with Crippen LogP contribution in [0, 0.1) is 6.92 Å². The topological polar surface area (TPSA) is 46.1 Å². The fourth-order valence-electron chi connectivity index (χ4n) is 2.15. The Morgan fingerprint density at radius 1 is 1.17 bits per heavy atom. The van der Waals surface area contributed by atoms with Gasteiger partial charge in [0.2, 0.25) is 0 Å². The van der Waals surface area contributed by atoms with Crippen LogP contribution < -0.4 is 0 Å². The number of rotatable bonds is 2. The Morgan fingerprint density at radius 2 is 2.00 bits per heavy atom. The lowest BCUT2D eigenvalue weighted by Crippen LogP contribution is -2.23. The van der Waals surface area contributed by atoms with E-state index < -0.39 is 0 Å². The molecule has 0 saturated heterocycles. The van der Waals surface area contributed by atoms with Crippen molar-refractivity contribution in [1.82, 2.24) is 15.1 Å². The molecule has 2 heterocycles. The minimum Gasteiger partial charge on any atom is -0.328 e. The third kappa shape index (κ3) is 1.86. The Labute approximate surface area is 105 Å². The second-order valence-electron chi connectivity index (χ2n) is 4.48. The molecule has 1 aromatic carbocycles. The number of carbonyl (C=O) groups excluding carboxylic acids is 1. The molecule has 1 aromatic heterocycles. The summed E-state index contributed by atoms with van der Waals surface area (Å²) in [5, 5.41) is 8.10. The monoisotopic (exact) mass is 239 g/mol. The average Bonchev–Trinajstić information content (AvgIpc) is 2.70. The first-order chi connectivity index (χ1) is 8.74. The molecule has 1 amide bonds. The molecule has 4 heteroatoms. The van der Waals surface area contributed by atoms with Gasteiger partial charge in [-0.2, -0.15) is 10.2 Å². The van der Waals surface area contributed by atoms with Gasteiger partial charge in [-0.1, -0.05) is 18.2 Å². The first kappa shape index (κ1) is 10.9. The molecule has 3 rings (SSSR count). The highest BCUT2D eigenvalue weighted by atomic mass is 16.2. The summed E-state index contributed by atoms with van der Waals surface area (Å²) in [6.07, 6.45) is 0. The van der Waals surface area contributed by atoms with Crippen molar-refractivity contribution in [2.45, 2.75) is 20.0 Å². The highest BCUT2D eigenvalue weighted by Gasteiger charge is 2.26. The molecule has 1 aliphatic heterocycles. The summed E-state index contributed by atoms with van der Waals surface area (Å²) in [4.78, 5) is 13.9. The van der Waals surface area contributed by atoms with Crippen LogP contribution in [0.25, 0.3) is 0 Å². The van der Waals surface area contributed by atoms with Crippen LogP contribution in [0.4, 0.5) is 0 Å². The van der Waals surface area contributed by atoms with Gasteiger partial charge in [-0.05, 0) is 30.7 Å². The molecule has 0 unspecified atom stereocenters. The van der Waals surface area contributed by atoms with Gasteiger partial charge >= 0.3 is 0 Å². The highest BCUT2D eigenvalue weighted by molar-refractivity contribution is 5.98. The van der Waals surface area contributed by atoms with E-state index >= 15 is 0 Å². The Balaban J connectivity index is 1.81. The van der Waals surface area contributed by atoms with Crippen molar-refractivity contribution in [3.63, 3.8) is 0 Å². The lowest BCUT2D eigenvalue weighted by molar-refractivity contribution is 0.0764. The molecule has 0 saturated carbocycles. The van der Waals surface area contributed by atoms with Crippen LogP contribution in [0.2, 0.25) is 0 Å². The maximum atomic E-state index is 12.1.